The van der Waals surface area contributed by atoms with Crippen molar-refractivity contribution in [1.29, 1.82) is 0 Å². The average Bonchev–Trinajstić information content (AvgIpc) is 2.15. The molecule has 4 nitrogen and oxygen atoms in total. The van der Waals surface area contributed by atoms with Crippen LogP contribution in [0.4, 0.5) is 0 Å². The average molecular weight is 239 g/mol. The topological polar surface area (TPSA) is 54.5 Å². The van der Waals surface area contributed by atoms with Crippen LogP contribution >= 0.6 is 0 Å². The number of rotatable bonds is 1. The SMILES string of the molecule is CC(C)N1C(=O)Cc2ccccc2S1(=O)=O. The summed E-state index contributed by atoms with van der Waals surface area (Å²) in [6.07, 6.45) is 0.160. The molecule has 0 aliphatic carbocycles. The minimum atomic E-state index is -3.65. The molecule has 0 atom stereocenters. The molecule has 0 spiro atoms. The van der Waals surface area contributed by atoms with Crippen LogP contribution in [0, 0.1) is 0 Å². The van der Waals surface area contributed by atoms with E-state index in [-0.39, 0.29) is 23.3 Å². The maximum Gasteiger partial charge on any atom is 0.267 e. The molecule has 16 heavy (non-hydrogen) atoms. The van der Waals surface area contributed by atoms with Crippen molar-refractivity contribution in [2.45, 2.75) is 31.2 Å². The summed E-state index contributed by atoms with van der Waals surface area (Å²) in [6.45, 7) is 3.40. The van der Waals surface area contributed by atoms with Crippen LogP contribution in [-0.2, 0) is 21.2 Å². The van der Waals surface area contributed by atoms with Gasteiger partial charge in [-0.2, -0.15) is 0 Å². The summed E-state index contributed by atoms with van der Waals surface area (Å²) in [5, 5.41) is 0. The number of sulfonamides is 1. The highest BCUT2D eigenvalue weighted by molar-refractivity contribution is 7.89. The zero-order valence-corrected chi connectivity index (χ0v) is 9.99. The molecule has 0 N–H and O–H groups in total. The lowest BCUT2D eigenvalue weighted by molar-refractivity contribution is -0.127. The van der Waals surface area contributed by atoms with Crippen molar-refractivity contribution in [3.63, 3.8) is 0 Å². The van der Waals surface area contributed by atoms with Gasteiger partial charge in [0.25, 0.3) is 10.0 Å². The van der Waals surface area contributed by atoms with Gasteiger partial charge >= 0.3 is 0 Å². The van der Waals surface area contributed by atoms with E-state index in [1.54, 1.807) is 38.1 Å². The largest absolute Gasteiger partial charge is 0.273 e. The van der Waals surface area contributed by atoms with Crippen molar-refractivity contribution in [2.24, 2.45) is 0 Å². The molecule has 86 valence electrons. The van der Waals surface area contributed by atoms with Gasteiger partial charge in [0.2, 0.25) is 5.91 Å². The minimum Gasteiger partial charge on any atom is -0.273 e. The van der Waals surface area contributed by atoms with Gasteiger partial charge in [-0.05, 0) is 25.5 Å². The van der Waals surface area contributed by atoms with Gasteiger partial charge in [0.15, 0.2) is 0 Å². The number of hydrogen-bond acceptors (Lipinski definition) is 3. The van der Waals surface area contributed by atoms with Crippen LogP contribution in [0.1, 0.15) is 19.4 Å². The Morgan fingerprint density at radius 3 is 2.50 bits per heavy atom. The number of hydrogen-bond donors (Lipinski definition) is 0. The van der Waals surface area contributed by atoms with Gasteiger partial charge in [-0.1, -0.05) is 18.2 Å². The summed E-state index contributed by atoms with van der Waals surface area (Å²) in [4.78, 5) is 12.0. The fourth-order valence-corrected chi connectivity index (χ4v) is 3.77. The van der Waals surface area contributed by atoms with Crippen LogP contribution in [0.25, 0.3) is 0 Å². The molecular weight excluding hydrogens is 226 g/mol. The van der Waals surface area contributed by atoms with E-state index in [9.17, 15) is 13.2 Å². The number of amides is 1. The summed E-state index contributed by atoms with van der Waals surface area (Å²) in [6, 6.07) is 6.30. The maximum atomic E-state index is 12.2. The van der Waals surface area contributed by atoms with E-state index in [4.69, 9.17) is 0 Å². The molecular formula is C11H13NO3S. The number of carbonyl (C=O) groups is 1. The summed E-state index contributed by atoms with van der Waals surface area (Å²) in [5.74, 6) is -0.353. The van der Waals surface area contributed by atoms with Crippen molar-refractivity contribution in [1.82, 2.24) is 4.31 Å². The second kappa shape index (κ2) is 3.59. The van der Waals surface area contributed by atoms with E-state index in [0.717, 1.165) is 4.31 Å². The van der Waals surface area contributed by atoms with E-state index in [0.29, 0.717) is 5.56 Å². The predicted octanol–water partition coefficient (Wildman–Crippen LogP) is 1.17. The van der Waals surface area contributed by atoms with Gasteiger partial charge in [-0.3, -0.25) is 4.79 Å². The first kappa shape index (κ1) is 11.1. The van der Waals surface area contributed by atoms with Crippen molar-refractivity contribution in [2.75, 3.05) is 0 Å². The highest BCUT2D eigenvalue weighted by atomic mass is 32.2. The van der Waals surface area contributed by atoms with Crippen LogP contribution < -0.4 is 0 Å². The molecule has 1 aliphatic rings. The van der Waals surface area contributed by atoms with E-state index in [2.05, 4.69) is 0 Å². The molecule has 1 heterocycles. The monoisotopic (exact) mass is 239 g/mol. The van der Waals surface area contributed by atoms with Crippen molar-refractivity contribution < 1.29 is 13.2 Å². The molecule has 1 amide bonds. The molecule has 0 aromatic heterocycles. The third-order valence-corrected chi connectivity index (χ3v) is 4.66. The molecule has 2 rings (SSSR count). The van der Waals surface area contributed by atoms with Crippen molar-refractivity contribution in [3.8, 4) is 0 Å². The van der Waals surface area contributed by atoms with E-state index in [1.807, 2.05) is 0 Å². The lowest BCUT2D eigenvalue weighted by atomic mass is 10.1. The molecule has 1 aromatic rings. The zero-order valence-electron chi connectivity index (χ0n) is 9.17. The van der Waals surface area contributed by atoms with Crippen LogP contribution in [-0.4, -0.2) is 24.7 Å². The van der Waals surface area contributed by atoms with Crippen LogP contribution in [0.3, 0.4) is 0 Å². The van der Waals surface area contributed by atoms with Gasteiger partial charge in [0.1, 0.15) is 0 Å². The van der Waals surface area contributed by atoms with Gasteiger partial charge in [0.05, 0.1) is 11.3 Å². The van der Waals surface area contributed by atoms with Gasteiger partial charge in [0, 0.05) is 6.04 Å². The number of fused-ring (bicyclic) bond motifs is 1. The highest BCUT2D eigenvalue weighted by Gasteiger charge is 2.37. The van der Waals surface area contributed by atoms with Crippen molar-refractivity contribution in [3.05, 3.63) is 29.8 Å². The van der Waals surface area contributed by atoms with Crippen molar-refractivity contribution >= 4 is 15.9 Å². The molecule has 0 bridgehead atoms. The third kappa shape index (κ3) is 1.51. The molecule has 0 saturated carbocycles. The Labute approximate surface area is 94.9 Å². The lowest BCUT2D eigenvalue weighted by Gasteiger charge is -2.30. The Morgan fingerprint density at radius 2 is 1.88 bits per heavy atom. The second-order valence-corrected chi connectivity index (χ2v) is 5.86. The predicted molar refractivity (Wildman–Crippen MR) is 59.3 cm³/mol. The summed E-state index contributed by atoms with van der Waals surface area (Å²) < 4.78 is 25.3. The summed E-state index contributed by atoms with van der Waals surface area (Å²) in [7, 11) is -3.65. The Bertz CT molecular complexity index is 534. The molecule has 0 unspecified atom stereocenters. The molecule has 5 heteroatoms. The van der Waals surface area contributed by atoms with Gasteiger partial charge in [-0.25, -0.2) is 12.7 Å². The standard InChI is InChI=1S/C11H13NO3S/c1-8(2)12-11(13)7-9-5-3-4-6-10(9)16(12,14)15/h3-6,8H,7H2,1-2H3. The number of benzene rings is 1. The van der Waals surface area contributed by atoms with E-state index < -0.39 is 10.0 Å². The van der Waals surface area contributed by atoms with Crippen LogP contribution in [0.5, 0.6) is 0 Å². The first-order valence-corrected chi connectivity index (χ1v) is 6.54. The number of carbonyl (C=O) groups excluding carboxylic acids is 1. The fourth-order valence-electron chi connectivity index (χ4n) is 1.95. The molecule has 0 saturated heterocycles. The molecule has 0 radical (unpaired) electrons. The number of nitrogens with zero attached hydrogens (tertiary/aromatic N) is 1. The quantitative estimate of drug-likeness (QED) is 0.739. The Hall–Kier alpha value is -1.36. The maximum absolute atomic E-state index is 12.2. The first-order chi connectivity index (χ1) is 7.44. The highest BCUT2D eigenvalue weighted by Crippen LogP contribution is 2.28. The first-order valence-electron chi connectivity index (χ1n) is 5.10. The fraction of sp³-hybridized carbons (Fsp3) is 0.364. The van der Waals surface area contributed by atoms with E-state index in [1.165, 1.54) is 0 Å². The second-order valence-electron chi connectivity index (χ2n) is 4.07. The normalized spacial score (nSPS) is 18.7. The van der Waals surface area contributed by atoms with E-state index >= 15 is 0 Å². The molecule has 1 aromatic carbocycles. The smallest absolute Gasteiger partial charge is 0.267 e. The summed E-state index contributed by atoms with van der Waals surface area (Å²) >= 11 is 0. The van der Waals surface area contributed by atoms with Crippen LogP contribution in [0.2, 0.25) is 0 Å². The lowest BCUT2D eigenvalue weighted by Crippen LogP contribution is -2.45. The van der Waals surface area contributed by atoms with Gasteiger partial charge < -0.3 is 0 Å². The Balaban J connectivity index is 2.65. The summed E-state index contributed by atoms with van der Waals surface area (Å²) in [5.41, 5.74) is 0.587. The molecule has 1 aliphatic heterocycles. The third-order valence-electron chi connectivity index (χ3n) is 2.57. The molecule has 0 fully saturated rings. The van der Waals surface area contributed by atoms with Crippen LogP contribution in [0.15, 0.2) is 29.2 Å². The Morgan fingerprint density at radius 1 is 1.25 bits per heavy atom. The van der Waals surface area contributed by atoms with Gasteiger partial charge in [-0.15, -0.1) is 0 Å². The minimum absolute atomic E-state index is 0.160. The zero-order chi connectivity index (χ0) is 11.9. The Kier molecular flexibility index (Phi) is 2.50.